The normalized spacial score (nSPS) is 17.2. The number of methoxy groups -OCH3 is 1. The summed E-state index contributed by atoms with van der Waals surface area (Å²) in [6, 6.07) is 0.164. The highest BCUT2D eigenvalue weighted by Gasteiger charge is 2.19. The van der Waals surface area contributed by atoms with Crippen molar-refractivity contribution in [3.8, 4) is 0 Å². The van der Waals surface area contributed by atoms with Gasteiger partial charge >= 0.3 is 0 Å². The van der Waals surface area contributed by atoms with Crippen molar-refractivity contribution in [2.75, 3.05) is 13.7 Å². The predicted octanol–water partition coefficient (Wildman–Crippen LogP) is 0.511. The molecule has 3 N–H and O–H groups in total. The molecule has 0 heterocycles. The van der Waals surface area contributed by atoms with E-state index >= 15 is 0 Å². The van der Waals surface area contributed by atoms with Crippen LogP contribution in [0.15, 0.2) is 0 Å². The molecule has 0 saturated carbocycles. The molecule has 0 fully saturated rings. The third-order valence-electron chi connectivity index (χ3n) is 2.66. The summed E-state index contributed by atoms with van der Waals surface area (Å²) in [6.07, 6.45) is 0.517. The minimum atomic E-state index is -0.526. The van der Waals surface area contributed by atoms with E-state index in [0.717, 1.165) is 6.42 Å². The van der Waals surface area contributed by atoms with Crippen molar-refractivity contribution in [1.82, 2.24) is 5.32 Å². The third-order valence-corrected chi connectivity index (χ3v) is 2.66. The second-order valence-electron chi connectivity index (χ2n) is 3.64. The van der Waals surface area contributed by atoms with Crippen LogP contribution in [0.5, 0.6) is 0 Å². The van der Waals surface area contributed by atoms with E-state index in [1.165, 1.54) is 7.11 Å². The van der Waals surface area contributed by atoms with Gasteiger partial charge in [0.15, 0.2) is 0 Å². The summed E-state index contributed by atoms with van der Waals surface area (Å²) in [5, 5.41) is 2.89. The Morgan fingerprint density at radius 1 is 1.50 bits per heavy atom. The van der Waals surface area contributed by atoms with Crippen LogP contribution in [-0.2, 0) is 9.53 Å². The fourth-order valence-electron chi connectivity index (χ4n) is 1.12. The average molecular weight is 202 g/mol. The Bertz CT molecular complexity index is 170. The van der Waals surface area contributed by atoms with Gasteiger partial charge in [0, 0.05) is 19.7 Å². The molecule has 0 radical (unpaired) electrons. The fourth-order valence-corrected chi connectivity index (χ4v) is 1.12. The first-order valence-electron chi connectivity index (χ1n) is 5.10. The largest absolute Gasteiger partial charge is 0.370 e. The Kier molecular flexibility index (Phi) is 6.49. The molecule has 0 spiro atoms. The molecule has 0 aromatic heterocycles. The van der Waals surface area contributed by atoms with E-state index in [-0.39, 0.29) is 18.5 Å². The van der Waals surface area contributed by atoms with Crippen molar-refractivity contribution in [2.45, 2.75) is 39.3 Å². The molecule has 3 atom stereocenters. The number of ether oxygens (including phenoxy) is 1. The molecule has 0 aromatic rings. The van der Waals surface area contributed by atoms with Crippen LogP contribution in [0.25, 0.3) is 0 Å². The third kappa shape index (κ3) is 4.07. The van der Waals surface area contributed by atoms with Gasteiger partial charge in [-0.2, -0.15) is 0 Å². The van der Waals surface area contributed by atoms with Gasteiger partial charge in [-0.15, -0.1) is 0 Å². The summed E-state index contributed by atoms with van der Waals surface area (Å²) in [5.41, 5.74) is 5.38. The number of hydrogen-bond acceptors (Lipinski definition) is 3. The molecule has 4 nitrogen and oxygen atoms in total. The standard InChI is InChI=1S/C10H22N2O2/c1-5-7(2)8(3)12-10(13)9(6-11)14-4/h7-9H,5-6,11H2,1-4H3,(H,12,13). The first-order chi connectivity index (χ1) is 6.56. The number of nitrogens with two attached hydrogens (primary N) is 1. The summed E-state index contributed by atoms with van der Waals surface area (Å²) in [4.78, 5) is 11.5. The molecule has 0 bridgehead atoms. The number of nitrogens with one attached hydrogen (secondary N) is 1. The molecule has 0 aliphatic heterocycles. The lowest BCUT2D eigenvalue weighted by atomic mass is 10.0. The highest BCUT2D eigenvalue weighted by atomic mass is 16.5. The lowest BCUT2D eigenvalue weighted by Gasteiger charge is -2.22. The van der Waals surface area contributed by atoms with Gasteiger partial charge in [-0.1, -0.05) is 20.3 Å². The maximum absolute atomic E-state index is 11.5. The molecule has 84 valence electrons. The van der Waals surface area contributed by atoms with Crippen LogP contribution in [0.2, 0.25) is 0 Å². The van der Waals surface area contributed by atoms with Gasteiger partial charge in [0.1, 0.15) is 6.10 Å². The van der Waals surface area contributed by atoms with Crippen molar-refractivity contribution in [1.29, 1.82) is 0 Å². The molecule has 0 saturated heterocycles. The molecule has 0 aliphatic rings. The van der Waals surface area contributed by atoms with Crippen LogP contribution in [0.3, 0.4) is 0 Å². The van der Waals surface area contributed by atoms with Crippen molar-refractivity contribution in [2.24, 2.45) is 11.7 Å². The molecular weight excluding hydrogens is 180 g/mol. The summed E-state index contributed by atoms with van der Waals surface area (Å²) in [6.45, 7) is 6.42. The Morgan fingerprint density at radius 2 is 2.07 bits per heavy atom. The minimum absolute atomic E-state index is 0.122. The van der Waals surface area contributed by atoms with E-state index in [2.05, 4.69) is 19.2 Å². The van der Waals surface area contributed by atoms with Crippen LogP contribution in [0.4, 0.5) is 0 Å². The van der Waals surface area contributed by atoms with Gasteiger partial charge in [-0.3, -0.25) is 4.79 Å². The zero-order valence-corrected chi connectivity index (χ0v) is 9.54. The molecular formula is C10H22N2O2. The highest BCUT2D eigenvalue weighted by molar-refractivity contribution is 5.81. The second-order valence-corrected chi connectivity index (χ2v) is 3.64. The van der Waals surface area contributed by atoms with E-state index in [0.29, 0.717) is 5.92 Å². The lowest BCUT2D eigenvalue weighted by Crippen LogP contribution is -2.46. The molecule has 0 rings (SSSR count). The van der Waals surface area contributed by atoms with Crippen LogP contribution >= 0.6 is 0 Å². The molecule has 4 heteroatoms. The highest BCUT2D eigenvalue weighted by Crippen LogP contribution is 2.06. The van der Waals surface area contributed by atoms with Gasteiger partial charge in [-0.25, -0.2) is 0 Å². The number of carbonyl (C=O) groups excluding carboxylic acids is 1. The Hall–Kier alpha value is -0.610. The van der Waals surface area contributed by atoms with Crippen molar-refractivity contribution >= 4 is 5.91 Å². The van der Waals surface area contributed by atoms with Gasteiger partial charge < -0.3 is 15.8 Å². The second kappa shape index (κ2) is 6.79. The Balaban J connectivity index is 4.03. The topological polar surface area (TPSA) is 64.4 Å². The number of rotatable bonds is 6. The quantitative estimate of drug-likeness (QED) is 0.659. The minimum Gasteiger partial charge on any atom is -0.370 e. The van der Waals surface area contributed by atoms with E-state index in [1.54, 1.807) is 0 Å². The van der Waals surface area contributed by atoms with Gasteiger partial charge in [0.2, 0.25) is 0 Å². The maximum Gasteiger partial charge on any atom is 0.250 e. The van der Waals surface area contributed by atoms with Gasteiger partial charge in [-0.05, 0) is 12.8 Å². The molecule has 0 aliphatic carbocycles. The summed E-state index contributed by atoms with van der Waals surface area (Å²) >= 11 is 0. The van der Waals surface area contributed by atoms with E-state index in [9.17, 15) is 4.79 Å². The number of carbonyl (C=O) groups is 1. The predicted molar refractivity (Wildman–Crippen MR) is 56.9 cm³/mol. The number of amides is 1. The monoisotopic (exact) mass is 202 g/mol. The zero-order chi connectivity index (χ0) is 11.1. The lowest BCUT2D eigenvalue weighted by molar-refractivity contribution is -0.131. The first-order valence-corrected chi connectivity index (χ1v) is 5.10. The molecule has 1 amide bonds. The summed E-state index contributed by atoms with van der Waals surface area (Å²) in [7, 11) is 1.49. The SMILES string of the molecule is CCC(C)C(C)NC(=O)C(CN)OC. The Morgan fingerprint density at radius 3 is 2.43 bits per heavy atom. The van der Waals surface area contributed by atoms with Crippen LogP contribution in [0.1, 0.15) is 27.2 Å². The summed E-state index contributed by atoms with van der Waals surface area (Å²) < 4.78 is 4.94. The van der Waals surface area contributed by atoms with Crippen molar-refractivity contribution in [3.63, 3.8) is 0 Å². The van der Waals surface area contributed by atoms with E-state index in [4.69, 9.17) is 10.5 Å². The number of hydrogen-bond donors (Lipinski definition) is 2. The first kappa shape index (κ1) is 13.4. The average Bonchev–Trinajstić information content (AvgIpc) is 2.18. The van der Waals surface area contributed by atoms with Crippen LogP contribution < -0.4 is 11.1 Å². The Labute approximate surface area is 86.2 Å². The van der Waals surface area contributed by atoms with Crippen LogP contribution in [0, 0.1) is 5.92 Å². The fraction of sp³-hybridized carbons (Fsp3) is 0.900. The zero-order valence-electron chi connectivity index (χ0n) is 9.54. The van der Waals surface area contributed by atoms with Crippen molar-refractivity contribution < 1.29 is 9.53 Å². The van der Waals surface area contributed by atoms with E-state index < -0.39 is 6.10 Å². The van der Waals surface area contributed by atoms with Crippen molar-refractivity contribution in [3.05, 3.63) is 0 Å². The molecule has 14 heavy (non-hydrogen) atoms. The molecule has 3 unspecified atom stereocenters. The maximum atomic E-state index is 11.5. The van der Waals surface area contributed by atoms with Gasteiger partial charge in [0.05, 0.1) is 0 Å². The summed E-state index contributed by atoms with van der Waals surface area (Å²) in [5.74, 6) is 0.344. The van der Waals surface area contributed by atoms with E-state index in [1.807, 2.05) is 6.92 Å². The smallest absolute Gasteiger partial charge is 0.250 e. The van der Waals surface area contributed by atoms with Gasteiger partial charge in [0.25, 0.3) is 5.91 Å². The van der Waals surface area contributed by atoms with Crippen LogP contribution in [-0.4, -0.2) is 31.7 Å². The molecule has 0 aromatic carbocycles.